The summed E-state index contributed by atoms with van der Waals surface area (Å²) in [7, 11) is 0. The molecule has 1 saturated heterocycles. The van der Waals surface area contributed by atoms with Crippen molar-refractivity contribution >= 4 is 43.2 Å². The van der Waals surface area contributed by atoms with E-state index < -0.39 is 6.10 Å². The van der Waals surface area contributed by atoms with Crippen LogP contribution in [0.25, 0.3) is 0 Å². The number of halogens is 2. The third kappa shape index (κ3) is 3.03. The molecule has 0 aliphatic carbocycles. The molecule has 1 aromatic rings. The van der Waals surface area contributed by atoms with Crippen LogP contribution in [0, 0.1) is 0 Å². The van der Waals surface area contributed by atoms with Gasteiger partial charge < -0.3 is 9.84 Å². The fraction of sp³-hybridized carbons (Fsp3) is 0.600. The molecule has 1 aliphatic heterocycles. The molecule has 2 atom stereocenters. The molecule has 15 heavy (non-hydrogen) atoms. The highest BCUT2D eigenvalue weighted by molar-refractivity contribution is 9.13. The molecule has 5 heteroatoms. The summed E-state index contributed by atoms with van der Waals surface area (Å²) in [6, 6.07) is 1.97. The van der Waals surface area contributed by atoms with Crippen molar-refractivity contribution < 1.29 is 9.84 Å². The number of hydrogen-bond donors (Lipinski definition) is 1. The minimum atomic E-state index is -0.402. The number of hydrogen-bond acceptors (Lipinski definition) is 3. The van der Waals surface area contributed by atoms with E-state index in [-0.39, 0.29) is 6.10 Å². The van der Waals surface area contributed by atoms with E-state index in [1.54, 1.807) is 11.3 Å². The SMILES string of the molecule is OC(CC1CCCO1)c1cc(Br)c(Br)s1. The van der Waals surface area contributed by atoms with Gasteiger partial charge in [-0.1, -0.05) is 0 Å². The molecule has 0 amide bonds. The van der Waals surface area contributed by atoms with Crippen LogP contribution in [0.5, 0.6) is 0 Å². The summed E-state index contributed by atoms with van der Waals surface area (Å²) >= 11 is 8.41. The molecule has 2 heterocycles. The molecule has 1 N–H and O–H groups in total. The number of ether oxygens (including phenoxy) is 1. The first-order valence-electron chi connectivity index (χ1n) is 4.91. The van der Waals surface area contributed by atoms with Crippen molar-refractivity contribution in [3.63, 3.8) is 0 Å². The van der Waals surface area contributed by atoms with Crippen LogP contribution < -0.4 is 0 Å². The van der Waals surface area contributed by atoms with Crippen LogP contribution in [0.4, 0.5) is 0 Å². The summed E-state index contributed by atoms with van der Waals surface area (Å²) in [5.74, 6) is 0. The van der Waals surface area contributed by atoms with Crippen LogP contribution >= 0.6 is 43.2 Å². The highest BCUT2D eigenvalue weighted by Crippen LogP contribution is 2.37. The molecule has 0 saturated carbocycles. The standard InChI is InChI=1S/C10H12Br2O2S/c11-7-5-9(15-10(7)12)8(13)4-6-2-1-3-14-6/h5-6,8,13H,1-4H2. The fourth-order valence-electron chi connectivity index (χ4n) is 1.72. The maximum atomic E-state index is 10.0. The van der Waals surface area contributed by atoms with E-state index in [1.165, 1.54) is 0 Å². The van der Waals surface area contributed by atoms with Gasteiger partial charge in [-0.2, -0.15) is 0 Å². The highest BCUT2D eigenvalue weighted by Gasteiger charge is 2.22. The zero-order chi connectivity index (χ0) is 10.8. The fourth-order valence-corrected chi connectivity index (χ4v) is 3.81. The van der Waals surface area contributed by atoms with Crippen LogP contribution in [-0.4, -0.2) is 17.8 Å². The number of thiophene rings is 1. The van der Waals surface area contributed by atoms with E-state index in [0.29, 0.717) is 6.42 Å². The Hall–Kier alpha value is 0.580. The molecule has 0 bridgehead atoms. The molecule has 2 nitrogen and oxygen atoms in total. The predicted octanol–water partition coefficient (Wildman–Crippen LogP) is 3.88. The van der Waals surface area contributed by atoms with Crippen molar-refractivity contribution in [2.75, 3.05) is 6.61 Å². The minimum absolute atomic E-state index is 0.236. The Bertz CT molecular complexity index is 315. The Balaban J connectivity index is 1.97. The van der Waals surface area contributed by atoms with Crippen molar-refractivity contribution in [3.8, 4) is 0 Å². The van der Waals surface area contributed by atoms with Crippen molar-refractivity contribution in [2.45, 2.75) is 31.5 Å². The van der Waals surface area contributed by atoms with Crippen molar-refractivity contribution in [1.29, 1.82) is 0 Å². The molecular weight excluding hydrogens is 344 g/mol. The van der Waals surface area contributed by atoms with Gasteiger partial charge in [0.15, 0.2) is 0 Å². The number of aliphatic hydroxyl groups excluding tert-OH is 1. The van der Waals surface area contributed by atoms with Crippen LogP contribution in [0.1, 0.15) is 30.2 Å². The van der Waals surface area contributed by atoms with E-state index in [2.05, 4.69) is 31.9 Å². The molecule has 1 aliphatic rings. The number of aliphatic hydroxyl groups is 1. The zero-order valence-electron chi connectivity index (χ0n) is 8.08. The second-order valence-corrected chi connectivity index (χ2v) is 6.91. The topological polar surface area (TPSA) is 29.5 Å². The normalized spacial score (nSPS) is 23.3. The average molecular weight is 356 g/mol. The van der Waals surface area contributed by atoms with Gasteiger partial charge in [0.1, 0.15) is 0 Å². The molecule has 0 spiro atoms. The second-order valence-electron chi connectivity index (χ2n) is 3.66. The van der Waals surface area contributed by atoms with Crippen molar-refractivity contribution in [3.05, 3.63) is 19.2 Å². The van der Waals surface area contributed by atoms with Gasteiger partial charge in [0.2, 0.25) is 0 Å². The minimum Gasteiger partial charge on any atom is -0.387 e. The van der Waals surface area contributed by atoms with Crippen molar-refractivity contribution in [1.82, 2.24) is 0 Å². The first kappa shape index (κ1) is 12.0. The van der Waals surface area contributed by atoms with Gasteiger partial charge in [0, 0.05) is 22.4 Å². The van der Waals surface area contributed by atoms with Crippen molar-refractivity contribution in [2.24, 2.45) is 0 Å². The van der Waals surface area contributed by atoms with E-state index >= 15 is 0 Å². The molecule has 0 radical (unpaired) electrons. The Labute approximate surface area is 110 Å². The second kappa shape index (κ2) is 5.27. The van der Waals surface area contributed by atoms with Gasteiger partial charge >= 0.3 is 0 Å². The molecule has 1 fully saturated rings. The van der Waals surface area contributed by atoms with Crippen LogP contribution in [0.15, 0.2) is 14.3 Å². The smallest absolute Gasteiger partial charge is 0.0907 e. The Kier molecular flexibility index (Phi) is 4.24. The summed E-state index contributed by atoms with van der Waals surface area (Å²) in [6.07, 6.45) is 2.74. The van der Waals surface area contributed by atoms with Gasteiger partial charge in [-0.3, -0.25) is 0 Å². The molecule has 2 rings (SSSR count). The maximum absolute atomic E-state index is 10.0. The van der Waals surface area contributed by atoms with Gasteiger partial charge in [-0.25, -0.2) is 0 Å². The largest absolute Gasteiger partial charge is 0.387 e. The summed E-state index contributed by atoms with van der Waals surface area (Å²) in [5, 5.41) is 10.0. The lowest BCUT2D eigenvalue weighted by Gasteiger charge is -2.13. The van der Waals surface area contributed by atoms with Gasteiger partial charge in [-0.15, -0.1) is 11.3 Å². The lowest BCUT2D eigenvalue weighted by atomic mass is 10.1. The van der Waals surface area contributed by atoms with Crippen LogP contribution in [0.2, 0.25) is 0 Å². The molecule has 84 valence electrons. The highest BCUT2D eigenvalue weighted by atomic mass is 79.9. The summed E-state index contributed by atoms with van der Waals surface area (Å²) in [5.41, 5.74) is 0. The molecule has 2 unspecified atom stereocenters. The first-order valence-corrected chi connectivity index (χ1v) is 7.31. The third-order valence-electron chi connectivity index (χ3n) is 2.50. The lowest BCUT2D eigenvalue weighted by molar-refractivity contribution is 0.0548. The van der Waals surface area contributed by atoms with Gasteiger partial charge in [0.05, 0.1) is 16.0 Å². The quantitative estimate of drug-likeness (QED) is 0.891. The Morgan fingerprint density at radius 2 is 2.40 bits per heavy atom. The maximum Gasteiger partial charge on any atom is 0.0907 e. The van der Waals surface area contributed by atoms with E-state index in [1.807, 2.05) is 6.07 Å². The van der Waals surface area contributed by atoms with Crippen LogP contribution in [-0.2, 0) is 4.74 Å². The zero-order valence-corrected chi connectivity index (χ0v) is 12.1. The summed E-state index contributed by atoms with van der Waals surface area (Å²) < 4.78 is 7.54. The first-order chi connectivity index (χ1) is 7.16. The third-order valence-corrected chi connectivity index (χ3v) is 5.86. The predicted molar refractivity (Wildman–Crippen MR) is 68.3 cm³/mol. The van der Waals surface area contributed by atoms with Gasteiger partial charge in [-0.05, 0) is 50.8 Å². The summed E-state index contributed by atoms with van der Waals surface area (Å²) in [4.78, 5) is 0.990. The van der Waals surface area contributed by atoms with Gasteiger partial charge in [0.25, 0.3) is 0 Å². The molecule has 0 aromatic carbocycles. The Morgan fingerprint density at radius 1 is 1.60 bits per heavy atom. The van der Waals surface area contributed by atoms with E-state index in [4.69, 9.17) is 4.74 Å². The number of rotatable bonds is 3. The molecular formula is C10H12Br2O2S. The van der Waals surface area contributed by atoms with E-state index in [0.717, 1.165) is 32.6 Å². The summed E-state index contributed by atoms with van der Waals surface area (Å²) in [6.45, 7) is 0.842. The Morgan fingerprint density at radius 3 is 2.93 bits per heavy atom. The molecule has 1 aromatic heterocycles. The lowest BCUT2D eigenvalue weighted by Crippen LogP contribution is -2.10. The monoisotopic (exact) mass is 354 g/mol. The van der Waals surface area contributed by atoms with Crippen LogP contribution in [0.3, 0.4) is 0 Å². The van der Waals surface area contributed by atoms with E-state index in [9.17, 15) is 5.11 Å². The average Bonchev–Trinajstić information content (AvgIpc) is 2.78.